The number of β-amino-alcohol motifs (C(OH)–C–C–N with tert-alkyl or cyclic N) is 1. The highest BCUT2D eigenvalue weighted by Gasteiger charge is 2.40. The van der Waals surface area contributed by atoms with Gasteiger partial charge in [0.2, 0.25) is 5.91 Å². The summed E-state index contributed by atoms with van der Waals surface area (Å²) in [6.45, 7) is 0.173. The van der Waals surface area contributed by atoms with Crippen LogP contribution in [0.5, 0.6) is 0 Å². The summed E-state index contributed by atoms with van der Waals surface area (Å²) < 4.78 is 0. The van der Waals surface area contributed by atoms with E-state index in [4.69, 9.17) is 5.11 Å². The molecule has 1 aliphatic carbocycles. The van der Waals surface area contributed by atoms with Crippen LogP contribution in [0.15, 0.2) is 0 Å². The third kappa shape index (κ3) is 2.83. The van der Waals surface area contributed by atoms with Crippen LogP contribution in [0.25, 0.3) is 0 Å². The van der Waals surface area contributed by atoms with Gasteiger partial charge in [-0.05, 0) is 12.8 Å². The van der Waals surface area contributed by atoms with Gasteiger partial charge in [-0.1, -0.05) is 25.7 Å². The Balaban J connectivity index is 2.04. The SMILES string of the molecule is O=C(O)[C@@H]1C[C@H](O)CN1C(=O)C1CCCCCC1. The normalized spacial score (nSPS) is 30.2. The van der Waals surface area contributed by atoms with E-state index < -0.39 is 18.1 Å². The van der Waals surface area contributed by atoms with Gasteiger partial charge in [0.05, 0.1) is 6.10 Å². The molecule has 0 radical (unpaired) electrons. The minimum absolute atomic E-state index is 0.0420. The van der Waals surface area contributed by atoms with Gasteiger partial charge in [0.15, 0.2) is 0 Å². The van der Waals surface area contributed by atoms with Crippen LogP contribution in [0.2, 0.25) is 0 Å². The highest BCUT2D eigenvalue weighted by atomic mass is 16.4. The number of aliphatic hydroxyl groups excluding tert-OH is 1. The summed E-state index contributed by atoms with van der Waals surface area (Å²) in [7, 11) is 0. The summed E-state index contributed by atoms with van der Waals surface area (Å²) in [6.07, 6.45) is 5.60. The molecule has 0 aromatic carbocycles. The number of aliphatic carboxylic acids is 1. The van der Waals surface area contributed by atoms with Crippen molar-refractivity contribution in [2.24, 2.45) is 5.92 Å². The minimum Gasteiger partial charge on any atom is -0.480 e. The molecular weight excluding hydrogens is 234 g/mol. The lowest BCUT2D eigenvalue weighted by Crippen LogP contribution is -2.43. The highest BCUT2D eigenvalue weighted by Crippen LogP contribution is 2.28. The Morgan fingerprint density at radius 3 is 2.22 bits per heavy atom. The fourth-order valence-electron chi connectivity index (χ4n) is 3.05. The topological polar surface area (TPSA) is 77.8 Å². The lowest BCUT2D eigenvalue weighted by Gasteiger charge is -2.25. The molecule has 2 aliphatic rings. The van der Waals surface area contributed by atoms with E-state index in [1.54, 1.807) is 0 Å². The third-order valence-corrected chi connectivity index (χ3v) is 4.05. The van der Waals surface area contributed by atoms with Gasteiger partial charge in [0, 0.05) is 18.9 Å². The van der Waals surface area contributed by atoms with Crippen LogP contribution < -0.4 is 0 Å². The van der Waals surface area contributed by atoms with Crippen molar-refractivity contribution in [1.29, 1.82) is 0 Å². The van der Waals surface area contributed by atoms with E-state index in [9.17, 15) is 14.7 Å². The van der Waals surface area contributed by atoms with E-state index >= 15 is 0 Å². The fourth-order valence-corrected chi connectivity index (χ4v) is 3.05. The van der Waals surface area contributed by atoms with E-state index in [1.165, 1.54) is 4.90 Å². The molecule has 0 aromatic rings. The van der Waals surface area contributed by atoms with Crippen LogP contribution >= 0.6 is 0 Å². The van der Waals surface area contributed by atoms with E-state index in [0.717, 1.165) is 38.5 Å². The van der Waals surface area contributed by atoms with Crippen LogP contribution in [-0.4, -0.2) is 45.7 Å². The standard InChI is InChI=1S/C13H21NO4/c15-10-7-11(13(17)18)14(8-10)12(16)9-5-3-1-2-4-6-9/h9-11,15H,1-8H2,(H,17,18)/t10-,11-/m0/s1. The van der Waals surface area contributed by atoms with Gasteiger partial charge >= 0.3 is 5.97 Å². The Morgan fingerprint density at radius 1 is 1.06 bits per heavy atom. The maximum absolute atomic E-state index is 12.4. The largest absolute Gasteiger partial charge is 0.480 e. The van der Waals surface area contributed by atoms with Crippen molar-refractivity contribution in [3.63, 3.8) is 0 Å². The summed E-state index contributed by atoms with van der Waals surface area (Å²) in [5.41, 5.74) is 0. The maximum Gasteiger partial charge on any atom is 0.326 e. The predicted molar refractivity (Wildman–Crippen MR) is 65.0 cm³/mol. The van der Waals surface area contributed by atoms with Gasteiger partial charge < -0.3 is 15.1 Å². The molecule has 5 nitrogen and oxygen atoms in total. The third-order valence-electron chi connectivity index (χ3n) is 4.05. The van der Waals surface area contributed by atoms with Gasteiger partial charge in [0.1, 0.15) is 6.04 Å². The average molecular weight is 255 g/mol. The van der Waals surface area contributed by atoms with Gasteiger partial charge in [-0.3, -0.25) is 4.79 Å². The Labute approximate surface area is 107 Å². The number of rotatable bonds is 2. The first-order valence-corrected chi connectivity index (χ1v) is 6.81. The van der Waals surface area contributed by atoms with E-state index in [1.807, 2.05) is 0 Å². The molecule has 5 heteroatoms. The molecule has 18 heavy (non-hydrogen) atoms. The van der Waals surface area contributed by atoms with Crippen LogP contribution in [0.4, 0.5) is 0 Å². The van der Waals surface area contributed by atoms with Crippen LogP contribution in [0, 0.1) is 5.92 Å². The fraction of sp³-hybridized carbons (Fsp3) is 0.846. The van der Waals surface area contributed by atoms with Crippen molar-refractivity contribution in [1.82, 2.24) is 4.90 Å². The number of carbonyl (C=O) groups excluding carboxylic acids is 1. The number of amides is 1. The highest BCUT2D eigenvalue weighted by molar-refractivity contribution is 5.85. The number of aliphatic hydroxyl groups is 1. The predicted octanol–water partition coefficient (Wildman–Crippen LogP) is 1.00. The molecule has 0 spiro atoms. The molecule has 1 aliphatic heterocycles. The van der Waals surface area contributed by atoms with Crippen molar-refractivity contribution in [2.75, 3.05) is 6.54 Å². The summed E-state index contributed by atoms with van der Waals surface area (Å²) >= 11 is 0. The molecule has 0 bridgehead atoms. The van der Waals surface area contributed by atoms with E-state index in [2.05, 4.69) is 0 Å². The van der Waals surface area contributed by atoms with Crippen LogP contribution in [0.3, 0.4) is 0 Å². The summed E-state index contributed by atoms with van der Waals surface area (Å²) in [6, 6.07) is -0.837. The van der Waals surface area contributed by atoms with Gasteiger partial charge in [-0.25, -0.2) is 4.79 Å². The molecule has 1 saturated carbocycles. The van der Waals surface area contributed by atoms with Crippen molar-refractivity contribution < 1.29 is 19.8 Å². The van der Waals surface area contributed by atoms with Gasteiger partial charge in [0.25, 0.3) is 0 Å². The van der Waals surface area contributed by atoms with Crippen molar-refractivity contribution in [3.8, 4) is 0 Å². The second kappa shape index (κ2) is 5.69. The Morgan fingerprint density at radius 2 is 1.67 bits per heavy atom. The lowest BCUT2D eigenvalue weighted by atomic mass is 9.98. The van der Waals surface area contributed by atoms with Crippen molar-refractivity contribution in [3.05, 3.63) is 0 Å². The maximum atomic E-state index is 12.4. The number of carbonyl (C=O) groups is 2. The van der Waals surface area contributed by atoms with Gasteiger partial charge in [-0.15, -0.1) is 0 Å². The molecule has 0 aromatic heterocycles. The molecule has 2 rings (SSSR count). The zero-order valence-corrected chi connectivity index (χ0v) is 10.5. The molecule has 1 saturated heterocycles. The first kappa shape index (κ1) is 13.3. The monoisotopic (exact) mass is 255 g/mol. The summed E-state index contributed by atoms with van der Waals surface area (Å²) in [5.74, 6) is -1.12. The Hall–Kier alpha value is -1.10. The van der Waals surface area contributed by atoms with Crippen LogP contribution in [0.1, 0.15) is 44.9 Å². The molecule has 0 unspecified atom stereocenters. The van der Waals surface area contributed by atoms with Crippen LogP contribution in [-0.2, 0) is 9.59 Å². The van der Waals surface area contributed by atoms with Crippen molar-refractivity contribution in [2.45, 2.75) is 57.1 Å². The minimum atomic E-state index is -1.01. The summed E-state index contributed by atoms with van der Waals surface area (Å²) in [4.78, 5) is 24.9. The zero-order chi connectivity index (χ0) is 13.1. The molecular formula is C13H21NO4. The first-order chi connectivity index (χ1) is 8.59. The zero-order valence-electron chi connectivity index (χ0n) is 10.5. The molecule has 2 fully saturated rings. The van der Waals surface area contributed by atoms with E-state index in [-0.39, 0.29) is 24.8 Å². The quantitative estimate of drug-likeness (QED) is 0.722. The smallest absolute Gasteiger partial charge is 0.326 e. The molecule has 1 heterocycles. The number of hydrogen-bond acceptors (Lipinski definition) is 3. The number of carboxylic acid groups (broad SMARTS) is 1. The molecule has 2 atom stereocenters. The number of nitrogens with zero attached hydrogens (tertiary/aromatic N) is 1. The molecule has 102 valence electrons. The number of hydrogen-bond donors (Lipinski definition) is 2. The lowest BCUT2D eigenvalue weighted by molar-refractivity contribution is -0.150. The average Bonchev–Trinajstić information content (AvgIpc) is 2.56. The molecule has 2 N–H and O–H groups in total. The number of likely N-dealkylation sites (tertiary alicyclic amines) is 1. The first-order valence-electron chi connectivity index (χ1n) is 6.81. The molecule has 1 amide bonds. The second-order valence-corrected chi connectivity index (χ2v) is 5.42. The van der Waals surface area contributed by atoms with Gasteiger partial charge in [-0.2, -0.15) is 0 Å². The van der Waals surface area contributed by atoms with E-state index in [0.29, 0.717) is 0 Å². The van der Waals surface area contributed by atoms with Crippen molar-refractivity contribution >= 4 is 11.9 Å². The Kier molecular flexibility index (Phi) is 4.22. The second-order valence-electron chi connectivity index (χ2n) is 5.42. The summed E-state index contributed by atoms with van der Waals surface area (Å²) in [5, 5.41) is 18.7. The Bertz CT molecular complexity index is 323. The number of carboxylic acids is 1.